The zero-order valence-electron chi connectivity index (χ0n) is 10.2. The van der Waals surface area contributed by atoms with Gasteiger partial charge in [-0.15, -0.1) is 0 Å². The minimum Gasteiger partial charge on any atom is -0.508 e. The number of hydrogen-bond acceptors (Lipinski definition) is 2. The third-order valence-corrected chi connectivity index (χ3v) is 2.40. The first-order valence-electron chi connectivity index (χ1n) is 5.40. The number of carbonyl (C=O) groups excluding carboxylic acids is 1. The van der Waals surface area contributed by atoms with Gasteiger partial charge in [0.05, 0.1) is 6.04 Å². The molecule has 88 valence electrons. The maximum atomic E-state index is 11.8. The molecule has 16 heavy (non-hydrogen) atoms. The molecule has 0 saturated heterocycles. The quantitative estimate of drug-likeness (QED) is 0.806. The molecule has 1 amide bonds. The van der Waals surface area contributed by atoms with Crippen LogP contribution in [-0.2, 0) is 4.79 Å². The predicted molar refractivity (Wildman–Crippen MR) is 64.1 cm³/mol. The average Bonchev–Trinajstić information content (AvgIpc) is 2.16. The normalized spacial score (nSPS) is 13.2. The van der Waals surface area contributed by atoms with Crippen molar-refractivity contribution in [2.45, 2.75) is 33.7 Å². The van der Waals surface area contributed by atoms with Crippen LogP contribution < -0.4 is 5.32 Å². The largest absolute Gasteiger partial charge is 0.508 e. The Morgan fingerprint density at radius 3 is 2.50 bits per heavy atom. The molecule has 0 saturated carbocycles. The van der Waals surface area contributed by atoms with E-state index in [1.165, 1.54) is 0 Å². The fraction of sp³-hybridized carbons (Fsp3) is 0.462. The predicted octanol–water partition coefficient (Wildman–Crippen LogP) is 2.62. The van der Waals surface area contributed by atoms with Crippen molar-refractivity contribution in [2.24, 2.45) is 5.41 Å². The zero-order valence-corrected chi connectivity index (χ0v) is 10.2. The van der Waals surface area contributed by atoms with E-state index in [9.17, 15) is 9.90 Å². The zero-order chi connectivity index (χ0) is 12.3. The van der Waals surface area contributed by atoms with Crippen LogP contribution in [0.3, 0.4) is 0 Å². The Labute approximate surface area is 96.5 Å². The highest BCUT2D eigenvalue weighted by Gasteiger charge is 2.22. The minimum atomic E-state index is -0.398. The standard InChI is InChI=1S/C13H19NO2/c1-9(14-12(16)13(2,3)4)10-6-5-7-11(15)8-10/h5-9,15H,1-4H3,(H,14,16). The number of amides is 1. The molecule has 0 fully saturated rings. The number of hydrogen-bond donors (Lipinski definition) is 2. The molecule has 0 aromatic heterocycles. The SMILES string of the molecule is CC(NC(=O)C(C)(C)C)c1cccc(O)c1. The molecule has 0 heterocycles. The summed E-state index contributed by atoms with van der Waals surface area (Å²) in [6.45, 7) is 7.52. The average molecular weight is 221 g/mol. The lowest BCUT2D eigenvalue weighted by Gasteiger charge is -2.22. The number of nitrogens with one attached hydrogen (secondary N) is 1. The van der Waals surface area contributed by atoms with Gasteiger partial charge >= 0.3 is 0 Å². The highest BCUT2D eigenvalue weighted by Crippen LogP contribution is 2.20. The Balaban J connectivity index is 2.73. The molecule has 1 aromatic carbocycles. The summed E-state index contributed by atoms with van der Waals surface area (Å²) in [6, 6.07) is 6.83. The number of aromatic hydroxyl groups is 1. The molecule has 0 radical (unpaired) electrons. The highest BCUT2D eigenvalue weighted by atomic mass is 16.3. The van der Waals surface area contributed by atoms with E-state index in [1.54, 1.807) is 18.2 Å². The molecule has 1 unspecified atom stereocenters. The number of phenolic OH excluding ortho intramolecular Hbond substituents is 1. The van der Waals surface area contributed by atoms with Gasteiger partial charge in [0, 0.05) is 5.41 Å². The Morgan fingerprint density at radius 1 is 1.38 bits per heavy atom. The van der Waals surface area contributed by atoms with Gasteiger partial charge in [0.15, 0.2) is 0 Å². The summed E-state index contributed by atoms with van der Waals surface area (Å²) in [6.07, 6.45) is 0. The van der Waals surface area contributed by atoms with E-state index in [0.717, 1.165) is 5.56 Å². The van der Waals surface area contributed by atoms with E-state index in [2.05, 4.69) is 5.32 Å². The van der Waals surface area contributed by atoms with Crippen molar-refractivity contribution in [3.8, 4) is 5.75 Å². The van der Waals surface area contributed by atoms with E-state index in [-0.39, 0.29) is 17.7 Å². The fourth-order valence-electron chi connectivity index (χ4n) is 1.29. The molecule has 3 nitrogen and oxygen atoms in total. The molecule has 0 bridgehead atoms. The molecule has 1 rings (SSSR count). The van der Waals surface area contributed by atoms with Crippen molar-refractivity contribution in [3.63, 3.8) is 0 Å². The van der Waals surface area contributed by atoms with Crippen LogP contribution in [0.15, 0.2) is 24.3 Å². The number of rotatable bonds is 2. The second-order valence-electron chi connectivity index (χ2n) is 5.04. The molecular weight excluding hydrogens is 202 g/mol. The maximum absolute atomic E-state index is 11.8. The van der Waals surface area contributed by atoms with Gasteiger partial charge < -0.3 is 10.4 Å². The third-order valence-electron chi connectivity index (χ3n) is 2.40. The van der Waals surface area contributed by atoms with E-state index in [4.69, 9.17) is 0 Å². The Kier molecular flexibility index (Phi) is 3.58. The Bertz CT molecular complexity index is 380. The molecule has 1 atom stereocenters. The first-order chi connectivity index (χ1) is 7.30. The first kappa shape index (κ1) is 12.6. The summed E-state index contributed by atoms with van der Waals surface area (Å²) in [5.74, 6) is 0.220. The highest BCUT2D eigenvalue weighted by molar-refractivity contribution is 5.81. The third kappa shape index (κ3) is 3.26. The van der Waals surface area contributed by atoms with Crippen LogP contribution in [0.4, 0.5) is 0 Å². The number of carbonyl (C=O) groups is 1. The first-order valence-corrected chi connectivity index (χ1v) is 5.40. The lowest BCUT2D eigenvalue weighted by Crippen LogP contribution is -2.36. The van der Waals surface area contributed by atoms with Crippen LogP contribution in [0, 0.1) is 5.41 Å². The van der Waals surface area contributed by atoms with Gasteiger partial charge in [-0.1, -0.05) is 32.9 Å². The summed E-state index contributed by atoms with van der Waals surface area (Å²) in [5.41, 5.74) is 0.503. The maximum Gasteiger partial charge on any atom is 0.225 e. The fourth-order valence-corrected chi connectivity index (χ4v) is 1.29. The van der Waals surface area contributed by atoms with Gasteiger partial charge in [-0.05, 0) is 24.6 Å². The molecule has 3 heteroatoms. The monoisotopic (exact) mass is 221 g/mol. The van der Waals surface area contributed by atoms with Gasteiger partial charge in [0.1, 0.15) is 5.75 Å². The summed E-state index contributed by atoms with van der Waals surface area (Å²) < 4.78 is 0. The van der Waals surface area contributed by atoms with Crippen molar-refractivity contribution < 1.29 is 9.90 Å². The van der Waals surface area contributed by atoms with Gasteiger partial charge in [-0.2, -0.15) is 0 Å². The van der Waals surface area contributed by atoms with Crippen molar-refractivity contribution in [3.05, 3.63) is 29.8 Å². The molecule has 2 N–H and O–H groups in total. The number of benzene rings is 1. The van der Waals surface area contributed by atoms with Crippen LogP contribution in [0.2, 0.25) is 0 Å². The van der Waals surface area contributed by atoms with E-state index in [0.29, 0.717) is 0 Å². The summed E-state index contributed by atoms with van der Waals surface area (Å²) >= 11 is 0. The second kappa shape index (κ2) is 4.56. The van der Waals surface area contributed by atoms with Gasteiger partial charge in [0.25, 0.3) is 0 Å². The van der Waals surface area contributed by atoms with Gasteiger partial charge in [-0.3, -0.25) is 4.79 Å². The van der Waals surface area contributed by atoms with Crippen LogP contribution in [-0.4, -0.2) is 11.0 Å². The molecule has 1 aromatic rings. The van der Waals surface area contributed by atoms with E-state index >= 15 is 0 Å². The van der Waals surface area contributed by atoms with Crippen LogP contribution in [0.1, 0.15) is 39.3 Å². The second-order valence-corrected chi connectivity index (χ2v) is 5.04. The van der Waals surface area contributed by atoms with Gasteiger partial charge in [0.2, 0.25) is 5.91 Å². The summed E-state index contributed by atoms with van der Waals surface area (Å²) in [7, 11) is 0. The summed E-state index contributed by atoms with van der Waals surface area (Å²) in [5, 5.41) is 12.3. The van der Waals surface area contributed by atoms with E-state index in [1.807, 2.05) is 33.8 Å². The van der Waals surface area contributed by atoms with Crippen molar-refractivity contribution in [2.75, 3.05) is 0 Å². The van der Waals surface area contributed by atoms with Gasteiger partial charge in [-0.25, -0.2) is 0 Å². The van der Waals surface area contributed by atoms with Crippen molar-refractivity contribution in [1.29, 1.82) is 0 Å². The van der Waals surface area contributed by atoms with Crippen LogP contribution in [0.5, 0.6) is 5.75 Å². The Morgan fingerprint density at radius 2 is 2.00 bits per heavy atom. The number of phenols is 1. The lowest BCUT2D eigenvalue weighted by atomic mass is 9.94. The lowest BCUT2D eigenvalue weighted by molar-refractivity contribution is -0.129. The van der Waals surface area contributed by atoms with Crippen molar-refractivity contribution >= 4 is 5.91 Å². The van der Waals surface area contributed by atoms with Crippen LogP contribution >= 0.6 is 0 Å². The molecule has 0 aliphatic carbocycles. The van der Waals surface area contributed by atoms with E-state index < -0.39 is 5.41 Å². The molecule has 0 spiro atoms. The van der Waals surface area contributed by atoms with Crippen molar-refractivity contribution in [1.82, 2.24) is 5.32 Å². The smallest absolute Gasteiger partial charge is 0.225 e. The van der Waals surface area contributed by atoms with Crippen LogP contribution in [0.25, 0.3) is 0 Å². The minimum absolute atomic E-state index is 0.00310. The molecule has 0 aliphatic rings. The topological polar surface area (TPSA) is 49.3 Å². The molecule has 0 aliphatic heterocycles. The Hall–Kier alpha value is -1.51. The summed E-state index contributed by atoms with van der Waals surface area (Å²) in [4.78, 5) is 11.8. The molecular formula is C13H19NO2.